The van der Waals surface area contributed by atoms with Gasteiger partial charge in [0.25, 0.3) is 0 Å². The lowest BCUT2D eigenvalue weighted by Gasteiger charge is -2.17. The maximum absolute atomic E-state index is 12.5. The number of alkyl halides is 3. The van der Waals surface area contributed by atoms with Crippen LogP contribution < -0.4 is 9.88 Å². The number of ether oxygens (including phenoxy) is 1. The van der Waals surface area contributed by atoms with E-state index in [0.29, 0.717) is 6.42 Å². The Labute approximate surface area is 154 Å². The van der Waals surface area contributed by atoms with E-state index in [1.54, 1.807) is 13.1 Å². The van der Waals surface area contributed by atoms with Crippen LogP contribution >= 0.6 is 0 Å². The molecule has 0 aliphatic heterocycles. The Morgan fingerprint density at radius 1 is 1.19 bits per heavy atom. The highest BCUT2D eigenvalue weighted by molar-refractivity contribution is 7.89. The highest BCUT2D eigenvalue weighted by atomic mass is 32.2. The smallest absolute Gasteiger partial charge is 0.406 e. The van der Waals surface area contributed by atoms with E-state index in [0.717, 1.165) is 34.7 Å². The minimum atomic E-state index is -4.87. The standard InChI is InChI=1S/C18H17F3N2O3S/c1-11(8-12-10-23-16-5-3-2-4-14(12)16)15-9-13(26-18(19,20)21)6-7-17(15)27(22,24)25/h2-7,9-11,23H,8H2,1H3,(H2,22,24,25). The summed E-state index contributed by atoms with van der Waals surface area (Å²) in [5.74, 6) is -0.912. The van der Waals surface area contributed by atoms with Crippen molar-refractivity contribution >= 4 is 20.9 Å². The van der Waals surface area contributed by atoms with Crippen molar-refractivity contribution in [1.82, 2.24) is 4.98 Å². The van der Waals surface area contributed by atoms with Gasteiger partial charge in [-0.1, -0.05) is 25.1 Å². The number of nitrogens with one attached hydrogen (secondary N) is 1. The fraction of sp³-hybridized carbons (Fsp3) is 0.222. The lowest BCUT2D eigenvalue weighted by Crippen LogP contribution is -2.19. The number of fused-ring (bicyclic) bond motifs is 1. The van der Waals surface area contributed by atoms with Gasteiger partial charge < -0.3 is 9.72 Å². The Balaban J connectivity index is 2.00. The maximum Gasteiger partial charge on any atom is 0.573 e. The molecule has 5 nitrogen and oxygen atoms in total. The van der Waals surface area contributed by atoms with Gasteiger partial charge in [0, 0.05) is 17.1 Å². The summed E-state index contributed by atoms with van der Waals surface area (Å²) in [5.41, 5.74) is 2.01. The molecule has 3 rings (SSSR count). The summed E-state index contributed by atoms with van der Waals surface area (Å²) in [6.07, 6.45) is -2.67. The number of aromatic amines is 1. The van der Waals surface area contributed by atoms with Gasteiger partial charge in [0.2, 0.25) is 10.0 Å². The summed E-state index contributed by atoms with van der Waals surface area (Å²) in [6, 6.07) is 10.6. The van der Waals surface area contributed by atoms with Crippen LogP contribution in [0, 0.1) is 0 Å². The first-order valence-corrected chi connectivity index (χ1v) is 9.57. The third-order valence-corrected chi connectivity index (χ3v) is 5.24. The van der Waals surface area contributed by atoms with Gasteiger partial charge in [0.05, 0.1) is 4.90 Å². The highest BCUT2D eigenvalue weighted by Gasteiger charge is 2.32. The lowest BCUT2D eigenvalue weighted by atomic mass is 9.93. The minimum Gasteiger partial charge on any atom is -0.406 e. The Hall–Kier alpha value is -2.52. The molecule has 0 radical (unpaired) electrons. The van der Waals surface area contributed by atoms with Crippen molar-refractivity contribution in [2.24, 2.45) is 5.14 Å². The molecule has 0 fully saturated rings. The van der Waals surface area contributed by atoms with Gasteiger partial charge in [-0.2, -0.15) is 0 Å². The molecule has 27 heavy (non-hydrogen) atoms. The Bertz CT molecular complexity index is 1070. The molecule has 1 aromatic heterocycles. The maximum atomic E-state index is 12.5. The van der Waals surface area contributed by atoms with E-state index in [2.05, 4.69) is 9.72 Å². The van der Waals surface area contributed by atoms with Gasteiger partial charge in [-0.3, -0.25) is 0 Å². The average Bonchev–Trinajstić information content (AvgIpc) is 2.95. The molecule has 0 amide bonds. The summed E-state index contributed by atoms with van der Waals surface area (Å²) in [5, 5.41) is 6.20. The first-order valence-electron chi connectivity index (χ1n) is 8.02. The molecule has 0 spiro atoms. The van der Waals surface area contributed by atoms with Crippen molar-refractivity contribution in [2.75, 3.05) is 0 Å². The van der Waals surface area contributed by atoms with Crippen LogP contribution in [0.5, 0.6) is 5.75 Å². The zero-order chi connectivity index (χ0) is 19.8. The van der Waals surface area contributed by atoms with Gasteiger partial charge in [0.15, 0.2) is 0 Å². The van der Waals surface area contributed by atoms with E-state index >= 15 is 0 Å². The van der Waals surface area contributed by atoms with Crippen LogP contribution in [-0.4, -0.2) is 19.8 Å². The largest absolute Gasteiger partial charge is 0.573 e. The molecule has 2 aromatic carbocycles. The normalized spacial score (nSPS) is 13.7. The summed E-state index contributed by atoms with van der Waals surface area (Å²) in [4.78, 5) is 2.90. The van der Waals surface area contributed by atoms with Gasteiger partial charge in [-0.25, -0.2) is 13.6 Å². The number of aromatic nitrogens is 1. The third-order valence-electron chi connectivity index (χ3n) is 4.25. The fourth-order valence-electron chi connectivity index (χ4n) is 3.11. The van der Waals surface area contributed by atoms with E-state index in [9.17, 15) is 21.6 Å². The first kappa shape index (κ1) is 19.2. The van der Waals surface area contributed by atoms with Crippen molar-refractivity contribution in [1.29, 1.82) is 0 Å². The summed E-state index contributed by atoms with van der Waals surface area (Å²) < 4.78 is 65.2. The second kappa shape index (κ2) is 6.90. The second-order valence-electron chi connectivity index (χ2n) is 6.26. The number of primary sulfonamides is 1. The van der Waals surface area contributed by atoms with Crippen LogP contribution in [0.3, 0.4) is 0 Å². The van der Waals surface area contributed by atoms with Crippen molar-refractivity contribution < 1.29 is 26.3 Å². The predicted molar refractivity (Wildman–Crippen MR) is 94.9 cm³/mol. The molecule has 1 unspecified atom stereocenters. The van der Waals surface area contributed by atoms with Crippen LogP contribution in [0.15, 0.2) is 53.6 Å². The monoisotopic (exact) mass is 398 g/mol. The first-order chi connectivity index (χ1) is 12.5. The van der Waals surface area contributed by atoms with Gasteiger partial charge in [0.1, 0.15) is 5.75 Å². The van der Waals surface area contributed by atoms with Crippen LogP contribution in [-0.2, 0) is 16.4 Å². The summed E-state index contributed by atoms with van der Waals surface area (Å²) >= 11 is 0. The molecule has 3 aromatic rings. The minimum absolute atomic E-state index is 0.171. The van der Waals surface area contributed by atoms with Crippen molar-refractivity contribution in [3.05, 3.63) is 59.8 Å². The number of hydrogen-bond donors (Lipinski definition) is 2. The molecule has 3 N–H and O–H groups in total. The Kier molecular flexibility index (Phi) is 4.92. The predicted octanol–water partition coefficient (Wildman–Crippen LogP) is 4.06. The van der Waals surface area contributed by atoms with Crippen LogP contribution in [0.25, 0.3) is 10.9 Å². The number of hydrogen-bond acceptors (Lipinski definition) is 3. The summed E-state index contributed by atoms with van der Waals surface area (Å²) in [6.45, 7) is 1.73. The number of rotatable bonds is 5. The number of nitrogens with two attached hydrogens (primary N) is 1. The highest BCUT2D eigenvalue weighted by Crippen LogP contribution is 2.33. The van der Waals surface area contributed by atoms with E-state index in [4.69, 9.17) is 5.14 Å². The van der Waals surface area contributed by atoms with Crippen LogP contribution in [0.2, 0.25) is 0 Å². The Morgan fingerprint density at radius 3 is 2.56 bits per heavy atom. The fourth-order valence-corrected chi connectivity index (χ4v) is 3.95. The van der Waals surface area contributed by atoms with Gasteiger partial charge >= 0.3 is 6.36 Å². The molecule has 0 saturated carbocycles. The topological polar surface area (TPSA) is 85.2 Å². The molecule has 0 saturated heterocycles. The quantitative estimate of drug-likeness (QED) is 0.680. The van der Waals surface area contributed by atoms with Gasteiger partial charge in [-0.05, 0) is 47.7 Å². The Morgan fingerprint density at radius 2 is 1.89 bits per heavy atom. The van der Waals surface area contributed by atoms with Crippen molar-refractivity contribution in [3.8, 4) is 5.75 Å². The molecule has 0 aliphatic carbocycles. The molecule has 1 atom stereocenters. The van der Waals surface area contributed by atoms with E-state index in [1.807, 2.05) is 24.3 Å². The zero-order valence-electron chi connectivity index (χ0n) is 14.2. The zero-order valence-corrected chi connectivity index (χ0v) is 15.1. The average molecular weight is 398 g/mol. The van der Waals surface area contributed by atoms with Gasteiger partial charge in [-0.15, -0.1) is 13.2 Å². The van der Waals surface area contributed by atoms with Crippen LogP contribution in [0.1, 0.15) is 24.0 Å². The number of halogens is 3. The number of para-hydroxylation sites is 1. The molecule has 144 valence electrons. The molecule has 1 heterocycles. The SMILES string of the molecule is CC(Cc1c[nH]c2ccccc12)c1cc(OC(F)(F)F)ccc1S(N)(=O)=O. The van der Waals surface area contributed by atoms with Crippen LogP contribution in [0.4, 0.5) is 13.2 Å². The van der Waals surface area contributed by atoms with Crippen molar-refractivity contribution in [2.45, 2.75) is 30.5 Å². The second-order valence-corrected chi connectivity index (χ2v) is 7.79. The number of H-pyrrole nitrogens is 1. The number of sulfonamides is 1. The molecular formula is C18H17F3N2O3S. The summed E-state index contributed by atoms with van der Waals surface area (Å²) in [7, 11) is -4.10. The molecule has 9 heteroatoms. The third kappa shape index (κ3) is 4.42. The molecule has 0 bridgehead atoms. The van der Waals surface area contributed by atoms with E-state index in [-0.39, 0.29) is 10.5 Å². The van der Waals surface area contributed by atoms with E-state index < -0.39 is 28.1 Å². The van der Waals surface area contributed by atoms with E-state index in [1.165, 1.54) is 0 Å². The van der Waals surface area contributed by atoms with Crippen molar-refractivity contribution in [3.63, 3.8) is 0 Å². The number of benzene rings is 2. The molecular weight excluding hydrogens is 381 g/mol. The lowest BCUT2D eigenvalue weighted by molar-refractivity contribution is -0.274. The molecule has 0 aliphatic rings.